The zero-order valence-electron chi connectivity index (χ0n) is 16.0. The summed E-state index contributed by atoms with van der Waals surface area (Å²) in [5.41, 5.74) is 0.768. The number of fused-ring (bicyclic) bond motifs is 1. The molecule has 0 aromatic carbocycles. The largest absolute Gasteiger partial charge is 0.472 e. The highest BCUT2D eigenvalue weighted by molar-refractivity contribution is 5.97. The Morgan fingerprint density at radius 2 is 1.93 bits per heavy atom. The summed E-state index contributed by atoms with van der Waals surface area (Å²) >= 11 is 0. The summed E-state index contributed by atoms with van der Waals surface area (Å²) < 4.78 is 9.31. The summed E-state index contributed by atoms with van der Waals surface area (Å²) in [5.74, 6) is 0.183. The van der Waals surface area contributed by atoms with Crippen LogP contribution in [0.15, 0.2) is 38.9 Å². The van der Waals surface area contributed by atoms with Crippen LogP contribution in [-0.4, -0.2) is 49.0 Å². The number of imidazole rings is 1. The number of hydrogen-bond donors (Lipinski definition) is 0. The molecule has 9 heteroatoms. The Bertz CT molecular complexity index is 1110. The van der Waals surface area contributed by atoms with Crippen molar-refractivity contribution < 1.29 is 9.21 Å². The molecule has 0 amide bonds. The van der Waals surface area contributed by atoms with Crippen molar-refractivity contribution in [2.75, 3.05) is 19.6 Å². The number of carbonyl (C=O) groups is 1. The number of ketones is 1. The molecule has 0 radical (unpaired) electrons. The van der Waals surface area contributed by atoms with Crippen LogP contribution >= 0.6 is 0 Å². The van der Waals surface area contributed by atoms with Crippen LogP contribution in [-0.2, 0) is 20.6 Å². The highest BCUT2D eigenvalue weighted by Crippen LogP contribution is 2.22. The molecule has 0 aliphatic carbocycles. The number of aromatic nitrogens is 4. The lowest BCUT2D eigenvalue weighted by Crippen LogP contribution is -2.39. The summed E-state index contributed by atoms with van der Waals surface area (Å²) in [7, 11) is 3.09. The fourth-order valence-electron chi connectivity index (χ4n) is 3.87. The predicted octanol–water partition coefficient (Wildman–Crippen LogP) is 0.622. The van der Waals surface area contributed by atoms with Crippen LogP contribution in [0, 0.1) is 5.92 Å². The average molecular weight is 385 g/mol. The second-order valence-electron chi connectivity index (χ2n) is 7.31. The van der Waals surface area contributed by atoms with Gasteiger partial charge < -0.3 is 13.9 Å². The van der Waals surface area contributed by atoms with Gasteiger partial charge in [-0.3, -0.25) is 18.7 Å². The van der Waals surface area contributed by atoms with E-state index in [4.69, 9.17) is 4.42 Å². The number of aryl methyl sites for hydroxylation is 1. The number of carbonyl (C=O) groups excluding carboxylic acids is 1. The summed E-state index contributed by atoms with van der Waals surface area (Å²) in [4.78, 5) is 43.5. The van der Waals surface area contributed by atoms with Gasteiger partial charge in [0.15, 0.2) is 16.9 Å². The first-order valence-electron chi connectivity index (χ1n) is 9.37. The molecule has 1 fully saturated rings. The van der Waals surface area contributed by atoms with E-state index in [0.29, 0.717) is 23.3 Å². The van der Waals surface area contributed by atoms with E-state index < -0.39 is 0 Å². The van der Waals surface area contributed by atoms with E-state index in [1.165, 1.54) is 24.1 Å². The van der Waals surface area contributed by atoms with Crippen LogP contribution in [0.25, 0.3) is 11.2 Å². The Morgan fingerprint density at radius 3 is 2.61 bits per heavy atom. The van der Waals surface area contributed by atoms with Gasteiger partial charge in [-0.1, -0.05) is 0 Å². The molecule has 0 saturated carbocycles. The third-order valence-electron chi connectivity index (χ3n) is 5.64. The molecule has 0 spiro atoms. The quantitative estimate of drug-likeness (QED) is 0.598. The van der Waals surface area contributed by atoms with Crippen molar-refractivity contribution in [2.45, 2.75) is 19.4 Å². The Labute approximate surface area is 160 Å². The van der Waals surface area contributed by atoms with Crippen molar-refractivity contribution in [3.05, 3.63) is 51.3 Å². The molecule has 0 atom stereocenters. The Kier molecular flexibility index (Phi) is 4.76. The van der Waals surface area contributed by atoms with Gasteiger partial charge in [-0.25, -0.2) is 9.78 Å². The van der Waals surface area contributed by atoms with Crippen molar-refractivity contribution in [2.24, 2.45) is 20.0 Å². The first kappa shape index (κ1) is 18.4. The lowest BCUT2D eigenvalue weighted by atomic mass is 9.90. The van der Waals surface area contributed by atoms with E-state index in [2.05, 4.69) is 9.88 Å². The van der Waals surface area contributed by atoms with Crippen LogP contribution in [0.4, 0.5) is 0 Å². The van der Waals surface area contributed by atoms with E-state index in [9.17, 15) is 14.4 Å². The first-order valence-corrected chi connectivity index (χ1v) is 9.37. The molecular formula is C19H23N5O4. The molecular weight excluding hydrogens is 362 g/mol. The van der Waals surface area contributed by atoms with Crippen LogP contribution in [0.2, 0.25) is 0 Å². The predicted molar refractivity (Wildman–Crippen MR) is 102 cm³/mol. The number of rotatable bonds is 5. The van der Waals surface area contributed by atoms with Gasteiger partial charge in [-0.05, 0) is 32.0 Å². The van der Waals surface area contributed by atoms with Gasteiger partial charge in [0.2, 0.25) is 0 Å². The van der Waals surface area contributed by atoms with Gasteiger partial charge in [0.25, 0.3) is 5.56 Å². The van der Waals surface area contributed by atoms with Gasteiger partial charge in [-0.15, -0.1) is 0 Å². The Balaban J connectivity index is 1.42. The maximum atomic E-state index is 12.5. The fraction of sp³-hybridized carbons (Fsp3) is 0.474. The number of likely N-dealkylation sites (tertiary alicyclic amines) is 1. The summed E-state index contributed by atoms with van der Waals surface area (Å²) in [5, 5.41) is 0. The van der Waals surface area contributed by atoms with Gasteiger partial charge in [0.1, 0.15) is 6.26 Å². The van der Waals surface area contributed by atoms with E-state index in [1.54, 1.807) is 24.0 Å². The molecule has 0 N–H and O–H groups in total. The molecule has 0 unspecified atom stereocenters. The average Bonchev–Trinajstić information content (AvgIpc) is 3.39. The highest BCUT2D eigenvalue weighted by atomic mass is 16.3. The maximum Gasteiger partial charge on any atom is 0.332 e. The Hall–Kier alpha value is -2.94. The van der Waals surface area contributed by atoms with Crippen molar-refractivity contribution in [3.63, 3.8) is 0 Å². The van der Waals surface area contributed by atoms with Gasteiger partial charge in [0, 0.05) is 33.1 Å². The Morgan fingerprint density at radius 1 is 1.18 bits per heavy atom. The molecule has 148 valence electrons. The zero-order chi connectivity index (χ0) is 19.8. The number of furan rings is 1. The number of nitrogens with zero attached hydrogens (tertiary/aromatic N) is 5. The molecule has 1 aliphatic heterocycles. The van der Waals surface area contributed by atoms with Crippen molar-refractivity contribution in [1.82, 2.24) is 23.6 Å². The third kappa shape index (κ3) is 3.11. The molecule has 3 aromatic rings. The second-order valence-corrected chi connectivity index (χ2v) is 7.31. The maximum absolute atomic E-state index is 12.5. The third-order valence-corrected chi connectivity index (χ3v) is 5.64. The molecule has 0 bridgehead atoms. The number of hydrogen-bond acceptors (Lipinski definition) is 6. The van der Waals surface area contributed by atoms with Crippen LogP contribution in [0.5, 0.6) is 0 Å². The summed E-state index contributed by atoms with van der Waals surface area (Å²) in [6, 6.07) is 1.71. The van der Waals surface area contributed by atoms with Crippen LogP contribution < -0.4 is 11.2 Å². The molecule has 4 rings (SSSR count). The zero-order valence-corrected chi connectivity index (χ0v) is 16.0. The van der Waals surface area contributed by atoms with Gasteiger partial charge in [-0.2, -0.15) is 0 Å². The minimum absolute atomic E-state index is 0.0322. The molecule has 4 heterocycles. The molecule has 1 saturated heterocycles. The monoisotopic (exact) mass is 385 g/mol. The standard InChI is InChI=1S/C19H23N5O4/c1-21-17-15(18(26)22(2)19(21)27)24(12-20-17)9-8-23-6-3-13(4-7-23)16(25)14-5-10-28-11-14/h5,10-13H,3-4,6-9H2,1-2H3. The van der Waals surface area contributed by atoms with E-state index in [-0.39, 0.29) is 23.0 Å². The fourth-order valence-corrected chi connectivity index (χ4v) is 3.87. The minimum atomic E-state index is -0.382. The normalized spacial score (nSPS) is 16.1. The van der Waals surface area contributed by atoms with Crippen LogP contribution in [0.3, 0.4) is 0 Å². The van der Waals surface area contributed by atoms with E-state index in [0.717, 1.165) is 37.0 Å². The number of Topliss-reactive ketones (excluding diaryl/α,β-unsaturated/α-hetero) is 1. The molecule has 9 nitrogen and oxygen atoms in total. The van der Waals surface area contributed by atoms with Crippen molar-refractivity contribution in [3.8, 4) is 0 Å². The topological polar surface area (TPSA) is 95.3 Å². The first-order chi connectivity index (χ1) is 13.5. The van der Waals surface area contributed by atoms with Gasteiger partial charge in [0.05, 0.1) is 18.2 Å². The number of piperidine rings is 1. The van der Waals surface area contributed by atoms with Gasteiger partial charge >= 0.3 is 5.69 Å². The van der Waals surface area contributed by atoms with Crippen molar-refractivity contribution >= 4 is 16.9 Å². The van der Waals surface area contributed by atoms with Crippen molar-refractivity contribution in [1.29, 1.82) is 0 Å². The van der Waals surface area contributed by atoms with E-state index in [1.807, 2.05) is 0 Å². The summed E-state index contributed by atoms with van der Waals surface area (Å²) in [6.45, 7) is 3.02. The lowest BCUT2D eigenvalue weighted by molar-refractivity contribution is 0.0837. The molecule has 1 aliphatic rings. The SMILES string of the molecule is Cn1c(=O)c2c(ncn2CCN2CCC(C(=O)c3ccoc3)CC2)n(C)c1=O. The second kappa shape index (κ2) is 7.23. The van der Waals surface area contributed by atoms with E-state index >= 15 is 0 Å². The lowest BCUT2D eigenvalue weighted by Gasteiger charge is -2.31. The smallest absolute Gasteiger partial charge is 0.332 e. The summed E-state index contributed by atoms with van der Waals surface area (Å²) in [6.07, 6.45) is 6.27. The minimum Gasteiger partial charge on any atom is -0.472 e. The van der Waals surface area contributed by atoms with Crippen LogP contribution in [0.1, 0.15) is 23.2 Å². The highest BCUT2D eigenvalue weighted by Gasteiger charge is 2.26. The molecule has 28 heavy (non-hydrogen) atoms. The molecule has 3 aromatic heterocycles.